The van der Waals surface area contributed by atoms with Crippen molar-refractivity contribution < 1.29 is 18.5 Å². The molecule has 0 aliphatic rings. The highest BCUT2D eigenvalue weighted by Gasteiger charge is 2.31. The fourth-order valence-electron chi connectivity index (χ4n) is 2.87. The second-order valence-corrected chi connectivity index (χ2v) is 9.80. The molecule has 1 N–H and O–H groups in total. The Hall–Kier alpha value is 0.110. The lowest BCUT2D eigenvalue weighted by Gasteiger charge is -2.27. The molecule has 0 saturated heterocycles. The van der Waals surface area contributed by atoms with Crippen LogP contribution < -0.4 is 0 Å². The van der Waals surface area contributed by atoms with Crippen molar-refractivity contribution in [3.05, 3.63) is 0 Å². The molecule has 0 aromatic heterocycles. The molecule has 0 bridgehead atoms. The van der Waals surface area contributed by atoms with Gasteiger partial charge in [0, 0.05) is 0 Å². The van der Waals surface area contributed by atoms with Gasteiger partial charge < -0.3 is 4.89 Å². The van der Waals surface area contributed by atoms with Crippen LogP contribution in [0, 0.1) is 23.7 Å². The van der Waals surface area contributed by atoms with Crippen LogP contribution in [0.5, 0.6) is 0 Å². The predicted octanol–water partition coefficient (Wildman–Crippen LogP) is 6.04. The highest BCUT2D eigenvalue weighted by atomic mass is 31.2. The molecule has 0 radical (unpaired) electrons. The quantitative estimate of drug-likeness (QED) is 0.436. The molecule has 0 unspecified atom stereocenters. The Morgan fingerprint density at radius 3 is 1.04 bits per heavy atom. The van der Waals surface area contributed by atoms with Crippen LogP contribution >= 0.6 is 7.82 Å². The predicted molar refractivity (Wildman–Crippen MR) is 97.4 cm³/mol. The molecule has 0 aromatic carbocycles. The molecule has 0 aliphatic carbocycles. The molecule has 0 amide bonds. The highest BCUT2D eigenvalue weighted by Crippen LogP contribution is 2.49. The van der Waals surface area contributed by atoms with Crippen LogP contribution in [0.25, 0.3) is 0 Å². The van der Waals surface area contributed by atoms with E-state index in [1.54, 1.807) is 0 Å². The average Bonchev–Trinajstić information content (AvgIpc) is 2.22. The summed E-state index contributed by atoms with van der Waals surface area (Å²) in [5, 5.41) is 0. The minimum absolute atomic E-state index is 0.232. The number of phosphoric ester groups is 1. The summed E-state index contributed by atoms with van der Waals surface area (Å²) in [5.74, 6) is 1.67. The van der Waals surface area contributed by atoms with Gasteiger partial charge in [-0.05, 0) is 49.4 Å². The van der Waals surface area contributed by atoms with Gasteiger partial charge in [0.2, 0.25) is 0 Å². The van der Waals surface area contributed by atoms with Gasteiger partial charge in [-0.25, -0.2) is 4.57 Å². The molecule has 0 aromatic rings. The zero-order chi connectivity index (χ0) is 18.2. The van der Waals surface area contributed by atoms with E-state index < -0.39 is 7.82 Å². The van der Waals surface area contributed by atoms with Gasteiger partial charge >= 0.3 is 7.82 Å². The van der Waals surface area contributed by atoms with Gasteiger partial charge in [-0.2, -0.15) is 0 Å². The minimum Gasteiger partial charge on any atom is -0.302 e. The maximum absolute atomic E-state index is 12.5. The summed E-state index contributed by atoms with van der Waals surface area (Å²) in [4.78, 5) is 10.2. The third kappa shape index (κ3) is 13.1. The second-order valence-electron chi connectivity index (χ2n) is 8.44. The van der Waals surface area contributed by atoms with E-state index >= 15 is 0 Å². The zero-order valence-electron chi connectivity index (χ0n) is 16.4. The number of rotatable bonds is 12. The molecule has 0 atom stereocenters. The molecule has 0 aliphatic heterocycles. The lowest BCUT2D eigenvalue weighted by atomic mass is 9.98. The van der Waals surface area contributed by atoms with Crippen molar-refractivity contribution in [3.8, 4) is 0 Å². The molecular formula is C18H39O4P. The molecule has 0 spiro atoms. The van der Waals surface area contributed by atoms with Crippen LogP contribution in [0.3, 0.4) is 0 Å². The smallest absolute Gasteiger partial charge is 0.302 e. The van der Waals surface area contributed by atoms with E-state index in [0.717, 1.165) is 25.7 Å². The monoisotopic (exact) mass is 350 g/mol. The van der Waals surface area contributed by atoms with Crippen molar-refractivity contribution in [1.82, 2.24) is 0 Å². The van der Waals surface area contributed by atoms with Crippen molar-refractivity contribution in [2.75, 3.05) is 0 Å². The van der Waals surface area contributed by atoms with E-state index in [-0.39, 0.29) is 12.2 Å². The van der Waals surface area contributed by atoms with Gasteiger partial charge in [-0.3, -0.25) is 9.05 Å². The van der Waals surface area contributed by atoms with Crippen LogP contribution in [0.1, 0.15) is 81.1 Å². The SMILES string of the molecule is CC(C)CC(CC(C)C)OP(=O)(O)OC(CC(C)C)CC(C)C. The number of hydrogen-bond donors (Lipinski definition) is 1. The third-order valence-corrected chi connectivity index (χ3v) is 4.63. The Labute approximate surface area is 144 Å². The zero-order valence-corrected chi connectivity index (χ0v) is 17.3. The normalized spacial score (nSPS) is 13.5. The Morgan fingerprint density at radius 1 is 0.652 bits per heavy atom. The van der Waals surface area contributed by atoms with Crippen molar-refractivity contribution in [1.29, 1.82) is 0 Å². The summed E-state index contributed by atoms with van der Waals surface area (Å²) in [6.07, 6.45) is 2.61. The standard InChI is InChI=1S/C18H39O4P/c1-13(2)9-17(10-14(3)4)21-23(19,20)22-18(11-15(5)6)12-16(7)8/h13-18H,9-12H2,1-8H3,(H,19,20). The minimum atomic E-state index is -4.03. The van der Waals surface area contributed by atoms with E-state index in [0.29, 0.717) is 23.7 Å². The summed E-state index contributed by atoms with van der Waals surface area (Å²) in [6, 6.07) is 0. The van der Waals surface area contributed by atoms with Crippen molar-refractivity contribution >= 4 is 7.82 Å². The first kappa shape index (κ1) is 23.1. The first-order valence-corrected chi connectivity index (χ1v) is 10.6. The molecule has 0 saturated carbocycles. The number of hydrogen-bond acceptors (Lipinski definition) is 3. The lowest BCUT2D eigenvalue weighted by Crippen LogP contribution is -2.21. The van der Waals surface area contributed by atoms with Crippen LogP contribution in [0.4, 0.5) is 0 Å². The van der Waals surface area contributed by atoms with Gasteiger partial charge in [0.15, 0.2) is 0 Å². The molecule has 140 valence electrons. The summed E-state index contributed by atoms with van der Waals surface area (Å²) < 4.78 is 23.6. The fraction of sp³-hybridized carbons (Fsp3) is 1.00. The molecule has 5 heteroatoms. The van der Waals surface area contributed by atoms with Crippen LogP contribution in [-0.2, 0) is 13.6 Å². The maximum atomic E-state index is 12.5. The highest BCUT2D eigenvalue weighted by molar-refractivity contribution is 7.47. The topological polar surface area (TPSA) is 55.8 Å². The first-order valence-electron chi connectivity index (χ1n) is 9.10. The summed E-state index contributed by atoms with van der Waals surface area (Å²) in [7, 11) is -4.03. The fourth-order valence-corrected chi connectivity index (χ4v) is 4.02. The van der Waals surface area contributed by atoms with E-state index in [1.807, 2.05) is 0 Å². The van der Waals surface area contributed by atoms with Crippen molar-refractivity contribution in [2.24, 2.45) is 23.7 Å². The van der Waals surface area contributed by atoms with Gasteiger partial charge in [0.05, 0.1) is 12.2 Å². The van der Waals surface area contributed by atoms with Gasteiger partial charge in [-0.1, -0.05) is 55.4 Å². The van der Waals surface area contributed by atoms with Crippen LogP contribution in [0.2, 0.25) is 0 Å². The molecule has 23 heavy (non-hydrogen) atoms. The van der Waals surface area contributed by atoms with E-state index in [2.05, 4.69) is 55.4 Å². The third-order valence-electron chi connectivity index (χ3n) is 3.50. The summed E-state index contributed by atoms with van der Waals surface area (Å²) in [5.41, 5.74) is 0. The molecule has 0 fully saturated rings. The van der Waals surface area contributed by atoms with E-state index in [9.17, 15) is 9.46 Å². The molecular weight excluding hydrogens is 311 g/mol. The number of phosphoric acid groups is 1. The largest absolute Gasteiger partial charge is 0.472 e. The summed E-state index contributed by atoms with van der Waals surface area (Å²) >= 11 is 0. The lowest BCUT2D eigenvalue weighted by molar-refractivity contribution is 0.0449. The maximum Gasteiger partial charge on any atom is 0.472 e. The molecule has 4 nitrogen and oxygen atoms in total. The molecule has 0 rings (SSSR count). The Bertz CT molecular complexity index is 303. The first-order chi connectivity index (χ1) is 10.4. The van der Waals surface area contributed by atoms with E-state index in [4.69, 9.17) is 9.05 Å². The van der Waals surface area contributed by atoms with Gasteiger partial charge in [0.1, 0.15) is 0 Å². The van der Waals surface area contributed by atoms with E-state index in [1.165, 1.54) is 0 Å². The van der Waals surface area contributed by atoms with Gasteiger partial charge in [-0.15, -0.1) is 0 Å². The Kier molecular flexibility index (Phi) is 10.9. The van der Waals surface area contributed by atoms with Crippen molar-refractivity contribution in [2.45, 2.75) is 93.3 Å². The van der Waals surface area contributed by atoms with Crippen LogP contribution in [0.15, 0.2) is 0 Å². The Balaban J connectivity index is 4.84. The van der Waals surface area contributed by atoms with Crippen LogP contribution in [-0.4, -0.2) is 17.1 Å². The Morgan fingerprint density at radius 2 is 0.870 bits per heavy atom. The molecule has 0 heterocycles. The average molecular weight is 350 g/mol. The summed E-state index contributed by atoms with van der Waals surface area (Å²) in [6.45, 7) is 16.8. The van der Waals surface area contributed by atoms with Crippen molar-refractivity contribution in [3.63, 3.8) is 0 Å². The second kappa shape index (κ2) is 10.9. The van der Waals surface area contributed by atoms with Gasteiger partial charge in [0.25, 0.3) is 0 Å².